The molecule has 3 aliphatic heterocycles. The van der Waals surface area contributed by atoms with Crippen LogP contribution in [0.15, 0.2) is 42.5 Å². The topological polar surface area (TPSA) is 123 Å². The fourth-order valence-corrected chi connectivity index (χ4v) is 9.98. The predicted molar refractivity (Wildman–Crippen MR) is 212 cm³/mol. The number of carbonyl (C=O) groups is 4. The number of piperidine rings is 2. The minimum absolute atomic E-state index is 0.00362. The fourth-order valence-electron chi connectivity index (χ4n) is 9.41. The monoisotopic (exact) mass is 807 g/mol. The van der Waals surface area contributed by atoms with E-state index < -0.39 is 28.7 Å². The van der Waals surface area contributed by atoms with Gasteiger partial charge in [-0.05, 0) is 133 Å². The number of ketones is 1. The summed E-state index contributed by atoms with van der Waals surface area (Å²) in [4.78, 5) is 56.0. The molecule has 0 radical (unpaired) electrons. The number of hydrogen-bond acceptors (Lipinski definition) is 8. The number of halogens is 3. The maximum atomic E-state index is 13.7. The summed E-state index contributed by atoms with van der Waals surface area (Å²) in [5.74, 6) is -0.465. The van der Waals surface area contributed by atoms with Crippen LogP contribution in [0.3, 0.4) is 0 Å². The second-order valence-corrected chi connectivity index (χ2v) is 17.2. The van der Waals surface area contributed by atoms with E-state index in [0.29, 0.717) is 44.8 Å². The van der Waals surface area contributed by atoms with Crippen molar-refractivity contribution in [1.29, 1.82) is 5.26 Å². The molecule has 3 saturated heterocycles. The average molecular weight is 808 g/mol. The lowest BCUT2D eigenvalue weighted by atomic mass is 9.84. The zero-order chi connectivity index (χ0) is 41.2. The third-order valence-electron chi connectivity index (χ3n) is 12.4. The first-order valence-corrected chi connectivity index (χ1v) is 20.5. The summed E-state index contributed by atoms with van der Waals surface area (Å²) < 4.78 is 47.6. The predicted octanol–water partition coefficient (Wildman–Crippen LogP) is 6.90. The average Bonchev–Trinajstić information content (AvgIpc) is 3.32. The van der Waals surface area contributed by atoms with Crippen LogP contribution < -0.4 is 10.2 Å². The van der Waals surface area contributed by atoms with Crippen molar-refractivity contribution < 1.29 is 37.1 Å². The van der Waals surface area contributed by atoms with E-state index in [2.05, 4.69) is 24.1 Å². The summed E-state index contributed by atoms with van der Waals surface area (Å²) in [5.41, 5.74) is -0.753. The molecule has 14 heteroatoms. The number of nitriles is 1. The Kier molecular flexibility index (Phi) is 12.9. The van der Waals surface area contributed by atoms with Gasteiger partial charge in [0.15, 0.2) is 10.9 Å². The van der Waals surface area contributed by atoms with E-state index >= 15 is 0 Å². The number of alkyl halides is 3. The molecule has 1 saturated carbocycles. The molecule has 2 unspecified atom stereocenters. The molecular formula is C43H52F3N5O5S. The van der Waals surface area contributed by atoms with E-state index in [1.165, 1.54) is 11.0 Å². The molecule has 4 aliphatic rings. The standard InChI is InChI=1S/C43H52F3N5O5S/c1-26-18-30(19-27(2)49(26)25-35(52)22-29-7-5-6-28(20-29)21-31-9-15-38(53)48-39(31)54)16-17-56-36-13-11-33(12-14-36)51-41(57)50(40(55)42(51,3)4)34-10-8-32(24-47)37(23-34)43(44,45)46/h5-8,10,20,23,26-27,30-31,33,36H,9,11-19,21-22,25H2,1-4H3,(H,48,53,54)/t26-,27+,30?,31?,33?,36?. The Morgan fingerprint density at radius 1 is 1.00 bits per heavy atom. The van der Waals surface area contributed by atoms with Crippen molar-refractivity contribution in [2.24, 2.45) is 11.8 Å². The smallest absolute Gasteiger partial charge is 0.378 e. The largest absolute Gasteiger partial charge is 0.417 e. The summed E-state index contributed by atoms with van der Waals surface area (Å²) in [5, 5.41) is 11.8. The molecule has 1 aliphatic carbocycles. The van der Waals surface area contributed by atoms with Gasteiger partial charge >= 0.3 is 6.18 Å². The van der Waals surface area contributed by atoms with Crippen molar-refractivity contribution in [3.05, 3.63) is 64.7 Å². The number of Topliss-reactive ketones (excluding diaryl/α,β-unsaturated/α-hetero) is 1. The van der Waals surface area contributed by atoms with Gasteiger partial charge < -0.3 is 9.64 Å². The molecule has 10 nitrogen and oxygen atoms in total. The Morgan fingerprint density at radius 2 is 1.68 bits per heavy atom. The normalized spacial score (nSPS) is 27.1. The molecule has 57 heavy (non-hydrogen) atoms. The van der Waals surface area contributed by atoms with Gasteiger partial charge in [0, 0.05) is 43.5 Å². The highest BCUT2D eigenvalue weighted by Gasteiger charge is 2.52. The quantitative estimate of drug-likeness (QED) is 0.180. The zero-order valence-corrected chi connectivity index (χ0v) is 33.9. The van der Waals surface area contributed by atoms with Crippen molar-refractivity contribution in [2.45, 2.75) is 134 Å². The molecule has 1 N–H and O–H groups in total. The van der Waals surface area contributed by atoms with Gasteiger partial charge in [0.1, 0.15) is 5.54 Å². The molecule has 3 amide bonds. The van der Waals surface area contributed by atoms with Gasteiger partial charge in [0.2, 0.25) is 11.8 Å². The van der Waals surface area contributed by atoms with Crippen LogP contribution in [0.1, 0.15) is 108 Å². The van der Waals surface area contributed by atoms with E-state index in [1.54, 1.807) is 19.9 Å². The lowest BCUT2D eigenvalue weighted by molar-refractivity contribution is -0.138. The van der Waals surface area contributed by atoms with Gasteiger partial charge in [-0.1, -0.05) is 24.3 Å². The fraction of sp³-hybridized carbons (Fsp3) is 0.581. The number of amides is 3. The van der Waals surface area contributed by atoms with Crippen LogP contribution in [0.4, 0.5) is 18.9 Å². The van der Waals surface area contributed by atoms with Crippen molar-refractivity contribution in [2.75, 3.05) is 18.1 Å². The van der Waals surface area contributed by atoms with Crippen LogP contribution in [0.25, 0.3) is 0 Å². The summed E-state index contributed by atoms with van der Waals surface area (Å²) >= 11 is 5.75. The van der Waals surface area contributed by atoms with Crippen LogP contribution in [0, 0.1) is 23.2 Å². The summed E-state index contributed by atoms with van der Waals surface area (Å²) in [7, 11) is 0. The first-order valence-electron chi connectivity index (χ1n) is 20.1. The summed E-state index contributed by atoms with van der Waals surface area (Å²) in [6.07, 6.45) is 2.94. The van der Waals surface area contributed by atoms with Crippen molar-refractivity contribution in [3.63, 3.8) is 0 Å². The minimum Gasteiger partial charge on any atom is -0.378 e. The number of likely N-dealkylation sites (tertiary alicyclic amines) is 1. The van der Waals surface area contributed by atoms with Crippen LogP contribution in [-0.4, -0.2) is 81.3 Å². The van der Waals surface area contributed by atoms with E-state index in [4.69, 9.17) is 17.0 Å². The van der Waals surface area contributed by atoms with E-state index in [1.807, 2.05) is 29.2 Å². The second-order valence-electron chi connectivity index (χ2n) is 16.9. The van der Waals surface area contributed by atoms with Crippen LogP contribution in [0.2, 0.25) is 0 Å². The summed E-state index contributed by atoms with van der Waals surface area (Å²) in [6, 6.07) is 13.1. The van der Waals surface area contributed by atoms with E-state index in [9.17, 15) is 37.6 Å². The molecule has 6 rings (SSSR count). The number of ether oxygens (including phenoxy) is 1. The van der Waals surface area contributed by atoms with Crippen molar-refractivity contribution in [3.8, 4) is 6.07 Å². The number of nitrogens with one attached hydrogen (secondary N) is 1. The molecular weight excluding hydrogens is 756 g/mol. The molecule has 0 spiro atoms. The van der Waals surface area contributed by atoms with Crippen LogP contribution in [-0.2, 0) is 42.9 Å². The first-order chi connectivity index (χ1) is 27.0. The molecule has 4 fully saturated rings. The number of hydrogen-bond donors (Lipinski definition) is 1. The van der Waals surface area contributed by atoms with Crippen LogP contribution in [0.5, 0.6) is 0 Å². The Balaban J connectivity index is 0.943. The number of thiocarbonyl (C=S) groups is 1. The highest BCUT2D eigenvalue weighted by molar-refractivity contribution is 7.80. The lowest BCUT2D eigenvalue weighted by Crippen LogP contribution is -2.51. The van der Waals surface area contributed by atoms with Gasteiger partial charge in [-0.25, -0.2) is 0 Å². The minimum atomic E-state index is -4.76. The molecule has 3 heterocycles. The molecule has 0 bridgehead atoms. The second kappa shape index (κ2) is 17.3. The maximum Gasteiger partial charge on any atom is 0.417 e. The molecule has 2 aromatic carbocycles. The van der Waals surface area contributed by atoms with Gasteiger partial charge in [0.25, 0.3) is 5.91 Å². The van der Waals surface area contributed by atoms with Gasteiger partial charge in [0.05, 0.1) is 35.5 Å². The third-order valence-corrected chi connectivity index (χ3v) is 12.7. The van der Waals surface area contributed by atoms with Gasteiger partial charge in [-0.15, -0.1) is 0 Å². The molecule has 0 aromatic heterocycles. The summed E-state index contributed by atoms with van der Waals surface area (Å²) in [6.45, 7) is 8.88. The zero-order valence-electron chi connectivity index (χ0n) is 33.1. The highest BCUT2D eigenvalue weighted by atomic mass is 32.1. The molecule has 306 valence electrons. The van der Waals surface area contributed by atoms with E-state index in [0.717, 1.165) is 68.2 Å². The molecule has 4 atom stereocenters. The van der Waals surface area contributed by atoms with Crippen molar-refractivity contribution in [1.82, 2.24) is 15.1 Å². The van der Waals surface area contributed by atoms with Gasteiger partial charge in [-0.3, -0.25) is 34.3 Å². The number of benzene rings is 2. The number of carbonyl (C=O) groups excluding carboxylic acids is 4. The Bertz CT molecular complexity index is 1910. The Morgan fingerprint density at radius 3 is 2.33 bits per heavy atom. The Labute approximate surface area is 338 Å². The highest BCUT2D eigenvalue weighted by Crippen LogP contribution is 2.41. The third kappa shape index (κ3) is 9.58. The first kappa shape index (κ1) is 42.4. The van der Waals surface area contributed by atoms with Crippen LogP contribution >= 0.6 is 12.2 Å². The number of imide groups is 1. The lowest BCUT2D eigenvalue weighted by Gasteiger charge is -2.43. The van der Waals surface area contributed by atoms with E-state index in [-0.39, 0.29) is 58.5 Å². The molecule has 2 aromatic rings. The maximum absolute atomic E-state index is 13.7. The SMILES string of the molecule is C[C@@H]1CC(CCOC2CCC(N3C(=S)N(c4ccc(C#N)c(C(F)(F)F)c4)C(=O)C3(C)C)CC2)C[C@H](C)N1CC(=O)Cc1cccc(CC2CCC(=O)NC2=O)c1. The van der Waals surface area contributed by atoms with Crippen molar-refractivity contribution >= 4 is 46.5 Å². The van der Waals surface area contributed by atoms with Gasteiger partial charge in [-0.2, -0.15) is 18.4 Å². The Hall–Kier alpha value is -4.19. The number of anilines is 1. The number of nitrogens with zero attached hydrogens (tertiary/aromatic N) is 4. The number of rotatable bonds is 12.